The monoisotopic (exact) mass is 285 g/mol. The zero-order valence-electron chi connectivity index (χ0n) is 11.8. The molecule has 2 heterocycles. The summed E-state index contributed by atoms with van der Waals surface area (Å²) in [6.45, 7) is 0.248. The number of carbonyl (C=O) groups excluding carboxylic acids is 1. The fourth-order valence-electron chi connectivity index (χ4n) is 2.83. The standard InChI is InChI=1S/C14H21F2N3O/c1-11(20)9-12-5-3-2-4-7-18(12)10-13-17-6-8-19(13)14(15)16/h6,8,12,14H,2-5,7,9-10H2,1H3. The van der Waals surface area contributed by atoms with Crippen LogP contribution in [0.15, 0.2) is 12.4 Å². The van der Waals surface area contributed by atoms with Gasteiger partial charge < -0.3 is 0 Å². The zero-order valence-corrected chi connectivity index (χ0v) is 11.8. The fourth-order valence-corrected chi connectivity index (χ4v) is 2.83. The van der Waals surface area contributed by atoms with Gasteiger partial charge in [-0.3, -0.25) is 14.3 Å². The van der Waals surface area contributed by atoms with Gasteiger partial charge in [-0.2, -0.15) is 8.78 Å². The first-order valence-electron chi connectivity index (χ1n) is 7.11. The molecule has 1 aliphatic heterocycles. The molecule has 1 aromatic rings. The number of rotatable bonds is 5. The molecule has 1 atom stereocenters. The summed E-state index contributed by atoms with van der Waals surface area (Å²) >= 11 is 0. The van der Waals surface area contributed by atoms with E-state index in [1.54, 1.807) is 6.92 Å². The van der Waals surface area contributed by atoms with E-state index in [2.05, 4.69) is 9.88 Å². The van der Waals surface area contributed by atoms with Crippen molar-refractivity contribution in [2.75, 3.05) is 6.54 Å². The normalized spacial score (nSPS) is 21.1. The highest BCUT2D eigenvalue weighted by atomic mass is 19.3. The highest BCUT2D eigenvalue weighted by Crippen LogP contribution is 2.22. The molecular formula is C14H21F2N3O. The van der Waals surface area contributed by atoms with Crippen LogP contribution in [0.2, 0.25) is 0 Å². The molecule has 0 radical (unpaired) electrons. The van der Waals surface area contributed by atoms with Crippen molar-refractivity contribution in [2.24, 2.45) is 0 Å². The van der Waals surface area contributed by atoms with Crippen molar-refractivity contribution >= 4 is 5.78 Å². The van der Waals surface area contributed by atoms with Gasteiger partial charge in [0.15, 0.2) is 0 Å². The lowest BCUT2D eigenvalue weighted by Crippen LogP contribution is -2.36. The predicted molar refractivity (Wildman–Crippen MR) is 71.4 cm³/mol. The number of likely N-dealkylation sites (tertiary alicyclic amines) is 1. The minimum absolute atomic E-state index is 0.151. The summed E-state index contributed by atoms with van der Waals surface area (Å²) in [5, 5.41) is 0. The van der Waals surface area contributed by atoms with Gasteiger partial charge in [-0.05, 0) is 26.3 Å². The molecule has 1 unspecified atom stereocenters. The summed E-state index contributed by atoms with van der Waals surface area (Å²) in [7, 11) is 0. The molecule has 2 rings (SSSR count). The molecule has 0 aromatic carbocycles. The number of Topliss-reactive ketones (excluding diaryl/α,β-unsaturated/α-hetero) is 1. The molecule has 1 aliphatic rings. The Labute approximate surface area is 117 Å². The number of hydrogen-bond donors (Lipinski definition) is 0. The molecule has 0 bridgehead atoms. The third-order valence-electron chi connectivity index (χ3n) is 3.83. The van der Waals surface area contributed by atoms with E-state index in [0.717, 1.165) is 36.8 Å². The van der Waals surface area contributed by atoms with Gasteiger partial charge >= 0.3 is 6.55 Å². The van der Waals surface area contributed by atoms with Gasteiger partial charge in [0.1, 0.15) is 11.6 Å². The maximum Gasteiger partial charge on any atom is 0.319 e. The van der Waals surface area contributed by atoms with E-state index >= 15 is 0 Å². The lowest BCUT2D eigenvalue weighted by atomic mass is 10.0. The van der Waals surface area contributed by atoms with Gasteiger partial charge in [0.2, 0.25) is 0 Å². The Hall–Kier alpha value is -1.30. The van der Waals surface area contributed by atoms with Crippen LogP contribution in [0.25, 0.3) is 0 Å². The summed E-state index contributed by atoms with van der Waals surface area (Å²) in [4.78, 5) is 17.5. The van der Waals surface area contributed by atoms with Crippen molar-refractivity contribution in [3.05, 3.63) is 18.2 Å². The molecule has 1 fully saturated rings. The number of aromatic nitrogens is 2. The minimum atomic E-state index is -2.56. The maximum atomic E-state index is 12.9. The van der Waals surface area contributed by atoms with Crippen LogP contribution in [0.1, 0.15) is 51.4 Å². The van der Waals surface area contributed by atoms with Gasteiger partial charge in [-0.1, -0.05) is 12.8 Å². The summed E-state index contributed by atoms with van der Waals surface area (Å²) in [5.74, 6) is 0.523. The number of carbonyl (C=O) groups is 1. The Kier molecular flexibility index (Phi) is 5.23. The topological polar surface area (TPSA) is 38.1 Å². The van der Waals surface area contributed by atoms with E-state index in [4.69, 9.17) is 0 Å². The molecule has 1 aromatic heterocycles. The molecule has 4 nitrogen and oxygen atoms in total. The molecule has 0 saturated carbocycles. The number of ketones is 1. The van der Waals surface area contributed by atoms with Gasteiger partial charge in [-0.15, -0.1) is 0 Å². The first-order valence-corrected chi connectivity index (χ1v) is 7.11. The molecule has 0 aliphatic carbocycles. The Morgan fingerprint density at radius 3 is 2.95 bits per heavy atom. The van der Waals surface area contributed by atoms with E-state index in [0.29, 0.717) is 18.8 Å². The summed E-state index contributed by atoms with van der Waals surface area (Å²) in [5.41, 5.74) is 0. The predicted octanol–water partition coefficient (Wildman–Crippen LogP) is 3.00. The summed E-state index contributed by atoms with van der Waals surface area (Å²) in [6, 6.07) is 0.151. The number of alkyl halides is 2. The van der Waals surface area contributed by atoms with Crippen LogP contribution in [0.4, 0.5) is 8.78 Å². The molecule has 1 saturated heterocycles. The SMILES string of the molecule is CC(=O)CC1CCCCCN1Cc1nccn1C(F)F. The highest BCUT2D eigenvalue weighted by Gasteiger charge is 2.24. The molecule has 112 valence electrons. The second kappa shape index (κ2) is 6.92. The van der Waals surface area contributed by atoms with E-state index in [9.17, 15) is 13.6 Å². The van der Waals surface area contributed by atoms with Crippen molar-refractivity contribution in [1.82, 2.24) is 14.5 Å². The van der Waals surface area contributed by atoms with Crippen LogP contribution in [-0.2, 0) is 11.3 Å². The van der Waals surface area contributed by atoms with Crippen molar-refractivity contribution in [2.45, 2.75) is 58.2 Å². The first-order chi connectivity index (χ1) is 9.58. The largest absolute Gasteiger partial charge is 0.319 e. The lowest BCUT2D eigenvalue weighted by molar-refractivity contribution is -0.118. The first kappa shape index (κ1) is 15.1. The number of hydrogen-bond acceptors (Lipinski definition) is 3. The van der Waals surface area contributed by atoms with Crippen LogP contribution in [0.3, 0.4) is 0 Å². The van der Waals surface area contributed by atoms with Crippen LogP contribution < -0.4 is 0 Å². The van der Waals surface area contributed by atoms with E-state index in [1.807, 2.05) is 0 Å². The Morgan fingerprint density at radius 1 is 1.45 bits per heavy atom. The molecule has 0 N–H and O–H groups in total. The highest BCUT2D eigenvalue weighted by molar-refractivity contribution is 5.76. The van der Waals surface area contributed by atoms with E-state index in [1.165, 1.54) is 12.4 Å². The lowest BCUT2D eigenvalue weighted by Gasteiger charge is -2.29. The summed E-state index contributed by atoms with van der Waals surface area (Å²) in [6.07, 6.45) is 7.43. The summed E-state index contributed by atoms with van der Waals surface area (Å²) < 4.78 is 26.6. The molecular weight excluding hydrogens is 264 g/mol. The molecule has 6 heteroatoms. The third kappa shape index (κ3) is 3.85. The third-order valence-corrected chi connectivity index (χ3v) is 3.83. The van der Waals surface area contributed by atoms with Gasteiger partial charge in [-0.25, -0.2) is 4.98 Å². The molecule has 0 spiro atoms. The smallest absolute Gasteiger partial charge is 0.300 e. The second-order valence-corrected chi connectivity index (χ2v) is 5.41. The van der Waals surface area contributed by atoms with Crippen LogP contribution in [-0.4, -0.2) is 32.8 Å². The molecule has 0 amide bonds. The van der Waals surface area contributed by atoms with Gasteiger partial charge in [0, 0.05) is 24.9 Å². The number of halogens is 2. The quantitative estimate of drug-likeness (QED) is 0.834. The average Bonchev–Trinajstić information content (AvgIpc) is 2.73. The van der Waals surface area contributed by atoms with Crippen LogP contribution in [0, 0.1) is 0 Å². The van der Waals surface area contributed by atoms with Crippen molar-refractivity contribution in [1.29, 1.82) is 0 Å². The fraction of sp³-hybridized carbons (Fsp3) is 0.714. The average molecular weight is 285 g/mol. The van der Waals surface area contributed by atoms with Gasteiger partial charge in [0.05, 0.1) is 6.54 Å². The number of nitrogens with zero attached hydrogens (tertiary/aromatic N) is 3. The van der Waals surface area contributed by atoms with Crippen molar-refractivity contribution in [3.8, 4) is 0 Å². The minimum Gasteiger partial charge on any atom is -0.300 e. The molecule has 20 heavy (non-hydrogen) atoms. The van der Waals surface area contributed by atoms with Crippen molar-refractivity contribution < 1.29 is 13.6 Å². The van der Waals surface area contributed by atoms with Gasteiger partial charge in [0.25, 0.3) is 0 Å². The van der Waals surface area contributed by atoms with E-state index in [-0.39, 0.29) is 11.8 Å². The van der Waals surface area contributed by atoms with Crippen LogP contribution in [0.5, 0.6) is 0 Å². The Bertz CT molecular complexity index is 447. The zero-order chi connectivity index (χ0) is 14.5. The second-order valence-electron chi connectivity index (χ2n) is 5.41. The van der Waals surface area contributed by atoms with Crippen molar-refractivity contribution in [3.63, 3.8) is 0 Å². The maximum absolute atomic E-state index is 12.9. The Morgan fingerprint density at radius 2 is 2.25 bits per heavy atom. The van der Waals surface area contributed by atoms with E-state index < -0.39 is 6.55 Å². The van der Waals surface area contributed by atoms with Crippen LogP contribution >= 0.6 is 0 Å². The Balaban J connectivity index is 2.10. The number of imidazole rings is 1.